The molecular weight excluding hydrogens is 346 g/mol. The first-order valence-corrected chi connectivity index (χ1v) is 9.67. The summed E-state index contributed by atoms with van der Waals surface area (Å²) in [7, 11) is 3.97. The van der Waals surface area contributed by atoms with Gasteiger partial charge in [0.25, 0.3) is 0 Å². The molecule has 0 aliphatic carbocycles. The average molecular weight is 380 g/mol. The highest BCUT2D eigenvalue weighted by atomic mass is 16.5. The molecule has 0 aromatic rings. The molecule has 3 N–H and O–H groups in total. The van der Waals surface area contributed by atoms with Gasteiger partial charge in [0.15, 0.2) is 0 Å². The van der Waals surface area contributed by atoms with E-state index >= 15 is 0 Å². The highest BCUT2D eigenvalue weighted by molar-refractivity contribution is 5.87. The fourth-order valence-corrected chi connectivity index (χ4v) is 3.45. The van der Waals surface area contributed by atoms with Crippen LogP contribution in [0.3, 0.4) is 0 Å². The number of nitrogens with zero attached hydrogens (tertiary/aromatic N) is 2. The fourth-order valence-electron chi connectivity index (χ4n) is 3.45. The number of quaternary nitrogens is 1. The van der Waals surface area contributed by atoms with Crippen molar-refractivity contribution in [1.82, 2.24) is 15.5 Å². The van der Waals surface area contributed by atoms with Gasteiger partial charge >= 0.3 is 6.03 Å². The van der Waals surface area contributed by atoms with Crippen LogP contribution in [0.2, 0.25) is 0 Å². The number of ether oxygens (including phenoxy) is 1. The largest absolute Gasteiger partial charge is 0.378 e. The summed E-state index contributed by atoms with van der Waals surface area (Å²) < 4.78 is 5.28. The normalized spacial score (nSPS) is 27.4. The van der Waals surface area contributed by atoms with E-state index in [9.17, 15) is 14.9 Å². The average Bonchev–Trinajstić information content (AvgIpc) is 2.63. The topological polar surface area (TPSA) is 98.9 Å². The number of rotatable bonds is 4. The zero-order chi connectivity index (χ0) is 20.1. The van der Waals surface area contributed by atoms with E-state index in [-0.39, 0.29) is 17.4 Å². The Labute approximate surface area is 162 Å². The Balaban J connectivity index is 2.06. The van der Waals surface area contributed by atoms with Gasteiger partial charge in [0.05, 0.1) is 32.4 Å². The number of amides is 3. The Morgan fingerprint density at radius 3 is 2.41 bits per heavy atom. The van der Waals surface area contributed by atoms with Crippen LogP contribution in [-0.4, -0.2) is 67.8 Å². The molecule has 2 fully saturated rings. The molecule has 8 nitrogen and oxygen atoms in total. The molecule has 0 aromatic heterocycles. The van der Waals surface area contributed by atoms with Crippen molar-refractivity contribution in [2.45, 2.75) is 51.6 Å². The molecule has 0 spiro atoms. The van der Waals surface area contributed by atoms with Crippen LogP contribution in [0.5, 0.6) is 0 Å². The van der Waals surface area contributed by atoms with Crippen LogP contribution in [0.15, 0.2) is 0 Å². The molecule has 0 aromatic carbocycles. The number of urea groups is 1. The first-order chi connectivity index (χ1) is 12.6. The van der Waals surface area contributed by atoms with Gasteiger partial charge in [-0.2, -0.15) is 5.26 Å². The first-order valence-electron chi connectivity index (χ1n) is 9.67. The molecule has 1 radical (unpaired) electrons. The van der Waals surface area contributed by atoms with Gasteiger partial charge in [0.2, 0.25) is 5.91 Å². The summed E-state index contributed by atoms with van der Waals surface area (Å²) in [4.78, 5) is 28.4. The molecule has 2 rings (SSSR count). The number of hydrogen-bond acceptors (Lipinski definition) is 4. The molecule has 1 atom stereocenters. The number of hydrogen-bond donors (Lipinski definition) is 3. The lowest BCUT2D eigenvalue weighted by Crippen LogP contribution is -3.09. The predicted molar refractivity (Wildman–Crippen MR) is 101 cm³/mol. The number of likely N-dealkylation sites (tertiary alicyclic amines) is 1. The number of carbonyl (C=O) groups excluding carboxylic acids is 2. The molecule has 3 amide bonds. The molecule has 0 unspecified atom stereocenters. The van der Waals surface area contributed by atoms with Gasteiger partial charge in [-0.15, -0.1) is 0 Å². The van der Waals surface area contributed by atoms with Crippen molar-refractivity contribution >= 4 is 11.9 Å². The zero-order valence-corrected chi connectivity index (χ0v) is 16.8. The third kappa shape index (κ3) is 6.36. The third-order valence-electron chi connectivity index (χ3n) is 5.12. The summed E-state index contributed by atoms with van der Waals surface area (Å²) in [5.74, 6) is -0.291. The standard InChI is InChI=1S/C19H33N5O3/c1-18(2,3)13-15(21-17(26)24-9-11-27-12-10-24)16(25)22-19(14-20)5-7-23(4)8-6-19/h15,23H,4-13H2,1-3H3,(H,21,26)(H,22,25)/q+1/t15-/m0/s1. The van der Waals surface area contributed by atoms with E-state index in [1.807, 2.05) is 20.8 Å². The Morgan fingerprint density at radius 2 is 1.89 bits per heavy atom. The van der Waals surface area contributed by atoms with Crippen LogP contribution in [-0.2, 0) is 9.53 Å². The summed E-state index contributed by atoms with van der Waals surface area (Å²) in [5, 5.41) is 15.5. The quantitative estimate of drug-likeness (QED) is 0.624. The maximum Gasteiger partial charge on any atom is 0.318 e. The summed E-state index contributed by atoms with van der Waals surface area (Å²) in [6.07, 6.45) is 1.62. The van der Waals surface area contributed by atoms with Gasteiger partial charge < -0.3 is 25.2 Å². The number of nitrogens with one attached hydrogen (secondary N) is 3. The Hall–Kier alpha value is -1.85. The van der Waals surface area contributed by atoms with Gasteiger partial charge in [-0.3, -0.25) is 4.79 Å². The summed E-state index contributed by atoms with van der Waals surface area (Å²) in [6, 6.07) is 1.35. The number of piperidine rings is 1. The summed E-state index contributed by atoms with van der Waals surface area (Å²) in [5.41, 5.74) is -1.03. The van der Waals surface area contributed by atoms with Crippen molar-refractivity contribution in [2.24, 2.45) is 5.41 Å². The second-order valence-electron chi connectivity index (χ2n) is 8.80. The molecule has 8 heteroatoms. The fraction of sp³-hybridized carbons (Fsp3) is 0.789. The van der Waals surface area contributed by atoms with E-state index in [0.29, 0.717) is 45.6 Å². The smallest absolute Gasteiger partial charge is 0.318 e. The van der Waals surface area contributed by atoms with Gasteiger partial charge in [-0.1, -0.05) is 20.8 Å². The maximum atomic E-state index is 13.0. The van der Waals surface area contributed by atoms with E-state index in [2.05, 4.69) is 23.8 Å². The van der Waals surface area contributed by atoms with E-state index in [1.54, 1.807) is 4.90 Å². The number of carbonyl (C=O) groups is 2. The van der Waals surface area contributed by atoms with Crippen molar-refractivity contribution < 1.29 is 19.2 Å². The first kappa shape index (κ1) is 21.5. The minimum absolute atomic E-state index is 0.152. The van der Waals surface area contributed by atoms with Crippen molar-refractivity contribution in [3.05, 3.63) is 7.05 Å². The van der Waals surface area contributed by atoms with Crippen molar-refractivity contribution in [3.63, 3.8) is 0 Å². The van der Waals surface area contributed by atoms with Crippen LogP contribution in [0.1, 0.15) is 40.0 Å². The summed E-state index contributed by atoms with van der Waals surface area (Å²) >= 11 is 0. The summed E-state index contributed by atoms with van der Waals surface area (Å²) in [6.45, 7) is 9.59. The Kier molecular flexibility index (Phi) is 7.06. The van der Waals surface area contributed by atoms with E-state index in [4.69, 9.17) is 4.74 Å². The Morgan fingerprint density at radius 1 is 1.30 bits per heavy atom. The lowest BCUT2D eigenvalue weighted by Gasteiger charge is -2.36. The number of nitriles is 1. The minimum Gasteiger partial charge on any atom is -0.378 e. The molecular formula is C19H33N5O3+. The van der Waals surface area contributed by atoms with Crippen LogP contribution >= 0.6 is 0 Å². The van der Waals surface area contributed by atoms with Gasteiger partial charge in [-0.05, 0) is 11.8 Å². The van der Waals surface area contributed by atoms with Crippen molar-refractivity contribution in [2.75, 3.05) is 39.4 Å². The Bertz CT molecular complexity index is 567. The second kappa shape index (κ2) is 8.89. The molecule has 2 saturated heterocycles. The molecule has 0 bridgehead atoms. The third-order valence-corrected chi connectivity index (χ3v) is 5.12. The van der Waals surface area contributed by atoms with Crippen LogP contribution in [0.25, 0.3) is 0 Å². The van der Waals surface area contributed by atoms with Gasteiger partial charge in [0, 0.05) is 25.9 Å². The molecule has 0 saturated carbocycles. The van der Waals surface area contributed by atoms with Crippen LogP contribution in [0.4, 0.5) is 4.79 Å². The van der Waals surface area contributed by atoms with E-state index in [1.165, 1.54) is 0 Å². The molecule has 151 valence electrons. The van der Waals surface area contributed by atoms with Gasteiger partial charge in [0.1, 0.15) is 18.6 Å². The molecule has 2 heterocycles. The minimum atomic E-state index is -0.877. The molecule has 2 aliphatic heterocycles. The highest BCUT2D eigenvalue weighted by Gasteiger charge is 2.40. The van der Waals surface area contributed by atoms with Crippen molar-refractivity contribution in [1.29, 1.82) is 5.26 Å². The molecule has 27 heavy (non-hydrogen) atoms. The predicted octanol–water partition coefficient (Wildman–Crippen LogP) is -0.318. The maximum absolute atomic E-state index is 13.0. The van der Waals surface area contributed by atoms with E-state index < -0.39 is 11.6 Å². The zero-order valence-electron chi connectivity index (χ0n) is 16.8. The van der Waals surface area contributed by atoms with Crippen LogP contribution in [0, 0.1) is 23.8 Å². The second-order valence-corrected chi connectivity index (χ2v) is 8.80. The highest BCUT2D eigenvalue weighted by Crippen LogP contribution is 2.23. The van der Waals surface area contributed by atoms with E-state index in [0.717, 1.165) is 18.0 Å². The molecule has 2 aliphatic rings. The van der Waals surface area contributed by atoms with Gasteiger partial charge in [-0.25, -0.2) is 4.79 Å². The van der Waals surface area contributed by atoms with Crippen LogP contribution < -0.4 is 15.5 Å². The number of morpholine rings is 1. The monoisotopic (exact) mass is 379 g/mol. The lowest BCUT2D eigenvalue weighted by molar-refractivity contribution is -0.860. The lowest BCUT2D eigenvalue weighted by atomic mass is 9.85. The SMILES string of the molecule is [CH2][NH+]1CCC(C#N)(NC(=O)[C@H](CC(C)(C)C)NC(=O)N2CCOCC2)CC1. The van der Waals surface area contributed by atoms with Crippen molar-refractivity contribution in [3.8, 4) is 6.07 Å².